The van der Waals surface area contributed by atoms with Crippen molar-refractivity contribution in [2.45, 2.75) is 6.92 Å². The minimum atomic E-state index is -0.347. The second kappa shape index (κ2) is 7.00. The summed E-state index contributed by atoms with van der Waals surface area (Å²) in [5.41, 5.74) is 0.311. The number of hydrogen-bond acceptors (Lipinski definition) is 3. The zero-order chi connectivity index (χ0) is 15.4. The Labute approximate surface area is 133 Å². The van der Waals surface area contributed by atoms with Crippen molar-refractivity contribution in [1.82, 2.24) is 9.80 Å². The average molecular weight is 331 g/mol. The van der Waals surface area contributed by atoms with Gasteiger partial charge in [-0.25, -0.2) is 4.79 Å². The van der Waals surface area contributed by atoms with Crippen molar-refractivity contribution in [2.75, 3.05) is 32.8 Å². The molecule has 0 N–H and O–H groups in total. The van der Waals surface area contributed by atoms with Crippen LogP contribution in [0.25, 0.3) is 0 Å². The van der Waals surface area contributed by atoms with E-state index in [0.717, 1.165) is 0 Å². The van der Waals surface area contributed by atoms with Crippen LogP contribution in [-0.2, 0) is 4.74 Å². The molecule has 21 heavy (non-hydrogen) atoms. The molecule has 0 aliphatic carbocycles. The van der Waals surface area contributed by atoms with E-state index in [9.17, 15) is 9.59 Å². The van der Waals surface area contributed by atoms with Crippen molar-refractivity contribution >= 4 is 35.2 Å². The normalized spacial score (nSPS) is 15.0. The summed E-state index contributed by atoms with van der Waals surface area (Å²) >= 11 is 12.1. The lowest BCUT2D eigenvalue weighted by molar-refractivity contribution is 0.0570. The maximum atomic E-state index is 12.5. The molecule has 2 rings (SSSR count). The summed E-state index contributed by atoms with van der Waals surface area (Å²) in [6, 6.07) is 4.96. The predicted molar refractivity (Wildman–Crippen MR) is 81.0 cm³/mol. The van der Waals surface area contributed by atoms with Crippen LogP contribution in [0, 0.1) is 0 Å². The molecule has 0 saturated carbocycles. The van der Waals surface area contributed by atoms with Gasteiger partial charge < -0.3 is 14.5 Å². The van der Waals surface area contributed by atoms with E-state index in [1.54, 1.807) is 34.9 Å². The molecule has 0 bridgehead atoms. The van der Waals surface area contributed by atoms with E-state index in [1.165, 1.54) is 0 Å². The Morgan fingerprint density at radius 1 is 1.10 bits per heavy atom. The predicted octanol–water partition coefficient (Wildman–Crippen LogP) is 2.91. The van der Waals surface area contributed by atoms with Gasteiger partial charge in [-0.1, -0.05) is 29.3 Å². The van der Waals surface area contributed by atoms with Crippen molar-refractivity contribution in [2.24, 2.45) is 0 Å². The third-order valence-corrected chi connectivity index (χ3v) is 3.90. The first kappa shape index (κ1) is 15.9. The molecule has 0 radical (unpaired) electrons. The number of carbonyl (C=O) groups is 2. The van der Waals surface area contributed by atoms with Crippen molar-refractivity contribution < 1.29 is 14.3 Å². The number of rotatable bonds is 2. The number of benzene rings is 1. The summed E-state index contributed by atoms with van der Waals surface area (Å²) in [5.74, 6) is -0.214. The third-order valence-electron chi connectivity index (χ3n) is 3.27. The molecule has 7 heteroatoms. The molecule has 5 nitrogen and oxygen atoms in total. The molecule has 0 unspecified atom stereocenters. The lowest BCUT2D eigenvalue weighted by Gasteiger charge is -2.34. The number of halogens is 2. The molecule has 0 aromatic heterocycles. The van der Waals surface area contributed by atoms with Crippen LogP contribution in [0.2, 0.25) is 10.0 Å². The first-order chi connectivity index (χ1) is 10.0. The molecule has 2 amide bonds. The van der Waals surface area contributed by atoms with E-state index >= 15 is 0 Å². The van der Waals surface area contributed by atoms with Gasteiger partial charge in [0, 0.05) is 26.2 Å². The molecular weight excluding hydrogens is 315 g/mol. The van der Waals surface area contributed by atoms with E-state index in [1.807, 2.05) is 0 Å². The quantitative estimate of drug-likeness (QED) is 0.837. The Kier molecular flexibility index (Phi) is 5.31. The van der Waals surface area contributed by atoms with Crippen LogP contribution in [0.5, 0.6) is 0 Å². The van der Waals surface area contributed by atoms with E-state index in [2.05, 4.69) is 0 Å². The highest BCUT2D eigenvalue weighted by molar-refractivity contribution is 6.39. The zero-order valence-electron chi connectivity index (χ0n) is 11.6. The smallest absolute Gasteiger partial charge is 0.409 e. The Balaban J connectivity index is 2.02. The third kappa shape index (κ3) is 3.60. The molecule has 0 spiro atoms. The van der Waals surface area contributed by atoms with E-state index in [0.29, 0.717) is 48.4 Å². The fourth-order valence-corrected chi connectivity index (χ4v) is 2.73. The lowest BCUT2D eigenvalue weighted by Crippen LogP contribution is -2.50. The molecule has 1 aromatic rings. The maximum absolute atomic E-state index is 12.5. The van der Waals surface area contributed by atoms with Crippen LogP contribution < -0.4 is 0 Å². The zero-order valence-corrected chi connectivity index (χ0v) is 13.2. The van der Waals surface area contributed by atoms with Gasteiger partial charge in [0.1, 0.15) is 0 Å². The van der Waals surface area contributed by atoms with Crippen LogP contribution in [-0.4, -0.2) is 54.6 Å². The number of piperazine rings is 1. The van der Waals surface area contributed by atoms with Gasteiger partial charge in [0.15, 0.2) is 0 Å². The highest BCUT2D eigenvalue weighted by atomic mass is 35.5. The van der Waals surface area contributed by atoms with Crippen molar-refractivity contribution in [3.05, 3.63) is 33.8 Å². The summed E-state index contributed by atoms with van der Waals surface area (Å²) in [5, 5.41) is 0.667. The average Bonchev–Trinajstić information content (AvgIpc) is 2.47. The minimum absolute atomic E-state index is 0.214. The number of nitrogens with zero attached hydrogens (tertiary/aromatic N) is 2. The van der Waals surface area contributed by atoms with E-state index in [-0.39, 0.29) is 12.0 Å². The standard InChI is InChI=1S/C14H16Cl2N2O3/c1-2-21-14(20)18-8-6-17(7-9-18)13(19)12-10(15)4-3-5-11(12)16/h3-5H,2,6-9H2,1H3. The molecule has 0 atom stereocenters. The van der Waals surface area contributed by atoms with Gasteiger partial charge in [0.2, 0.25) is 0 Å². The summed E-state index contributed by atoms with van der Waals surface area (Å²) in [6.07, 6.45) is -0.347. The number of ether oxygens (including phenoxy) is 1. The van der Waals surface area contributed by atoms with Gasteiger partial charge in [-0.3, -0.25) is 4.79 Å². The summed E-state index contributed by atoms with van der Waals surface area (Å²) in [7, 11) is 0. The monoisotopic (exact) mass is 330 g/mol. The Morgan fingerprint density at radius 2 is 1.62 bits per heavy atom. The van der Waals surface area contributed by atoms with Crippen molar-refractivity contribution in [1.29, 1.82) is 0 Å². The molecule has 1 saturated heterocycles. The maximum Gasteiger partial charge on any atom is 0.409 e. The second-order valence-corrected chi connectivity index (χ2v) is 5.39. The molecule has 1 aromatic carbocycles. The first-order valence-corrected chi connectivity index (χ1v) is 7.45. The fraction of sp³-hybridized carbons (Fsp3) is 0.429. The van der Waals surface area contributed by atoms with Gasteiger partial charge >= 0.3 is 6.09 Å². The van der Waals surface area contributed by atoms with Gasteiger partial charge in [-0.2, -0.15) is 0 Å². The highest BCUT2D eigenvalue weighted by Gasteiger charge is 2.27. The summed E-state index contributed by atoms with van der Waals surface area (Å²) in [4.78, 5) is 27.3. The Bertz CT molecular complexity index is 523. The second-order valence-electron chi connectivity index (χ2n) is 4.57. The molecule has 114 valence electrons. The fourth-order valence-electron chi connectivity index (χ4n) is 2.17. The lowest BCUT2D eigenvalue weighted by atomic mass is 10.1. The van der Waals surface area contributed by atoms with Crippen LogP contribution in [0.3, 0.4) is 0 Å². The van der Waals surface area contributed by atoms with Gasteiger partial charge in [0.05, 0.1) is 22.2 Å². The summed E-state index contributed by atoms with van der Waals surface area (Å²) in [6.45, 7) is 3.84. The van der Waals surface area contributed by atoms with Crippen molar-refractivity contribution in [3.8, 4) is 0 Å². The minimum Gasteiger partial charge on any atom is -0.450 e. The van der Waals surface area contributed by atoms with Gasteiger partial charge in [0.25, 0.3) is 5.91 Å². The topological polar surface area (TPSA) is 49.9 Å². The molecule has 1 fully saturated rings. The van der Waals surface area contributed by atoms with Gasteiger partial charge in [-0.05, 0) is 19.1 Å². The number of amides is 2. The Morgan fingerprint density at radius 3 is 2.14 bits per heavy atom. The van der Waals surface area contributed by atoms with Crippen LogP contribution in [0.15, 0.2) is 18.2 Å². The van der Waals surface area contributed by atoms with Crippen LogP contribution >= 0.6 is 23.2 Å². The van der Waals surface area contributed by atoms with Gasteiger partial charge in [-0.15, -0.1) is 0 Å². The molecule has 1 aliphatic heterocycles. The number of hydrogen-bond donors (Lipinski definition) is 0. The SMILES string of the molecule is CCOC(=O)N1CCN(C(=O)c2c(Cl)cccc2Cl)CC1. The highest BCUT2D eigenvalue weighted by Crippen LogP contribution is 2.26. The van der Waals surface area contributed by atoms with Crippen LogP contribution in [0.1, 0.15) is 17.3 Å². The molecule has 1 aliphatic rings. The first-order valence-electron chi connectivity index (χ1n) is 6.69. The van der Waals surface area contributed by atoms with Crippen molar-refractivity contribution in [3.63, 3.8) is 0 Å². The molecule has 1 heterocycles. The van der Waals surface area contributed by atoms with E-state index < -0.39 is 0 Å². The van der Waals surface area contributed by atoms with E-state index in [4.69, 9.17) is 27.9 Å². The Hall–Kier alpha value is -1.46. The van der Waals surface area contributed by atoms with Crippen LogP contribution in [0.4, 0.5) is 4.79 Å². The largest absolute Gasteiger partial charge is 0.450 e. The summed E-state index contributed by atoms with van der Waals surface area (Å²) < 4.78 is 4.94. The number of carbonyl (C=O) groups excluding carboxylic acids is 2. The molecular formula is C14H16Cl2N2O3.